The Morgan fingerprint density at radius 1 is 1.30 bits per heavy atom. The maximum absolute atomic E-state index is 12.6. The molecule has 0 aliphatic carbocycles. The number of nitrogens with one attached hydrogen (secondary N) is 3. The van der Waals surface area contributed by atoms with E-state index in [1.807, 2.05) is 0 Å². The number of aromatic amines is 2. The molecule has 1 aliphatic heterocycles. The van der Waals surface area contributed by atoms with Crippen molar-refractivity contribution in [1.29, 1.82) is 0 Å². The SMILES string of the molecule is O=C(NCc1ccco1)c1cc(C2CCN(C(=O)c3c[nH]c(=O)c(Cl)c3)CC2)[nH]n1. The van der Waals surface area contributed by atoms with Crippen LogP contribution in [0.1, 0.15) is 51.1 Å². The highest BCUT2D eigenvalue weighted by atomic mass is 35.5. The summed E-state index contributed by atoms with van der Waals surface area (Å²) in [6, 6.07) is 6.68. The molecular weight excluding hydrogens is 410 g/mol. The van der Waals surface area contributed by atoms with Gasteiger partial charge in [-0.3, -0.25) is 19.5 Å². The maximum Gasteiger partial charge on any atom is 0.272 e. The van der Waals surface area contributed by atoms with Crippen molar-refractivity contribution >= 4 is 23.4 Å². The number of hydrogen-bond acceptors (Lipinski definition) is 5. The normalized spacial score (nSPS) is 14.6. The molecule has 10 heteroatoms. The molecule has 0 aromatic carbocycles. The van der Waals surface area contributed by atoms with E-state index in [0.717, 1.165) is 18.5 Å². The van der Waals surface area contributed by atoms with Gasteiger partial charge in [-0.05, 0) is 37.1 Å². The number of amides is 2. The van der Waals surface area contributed by atoms with Crippen LogP contribution in [0.25, 0.3) is 0 Å². The number of nitrogens with zero attached hydrogens (tertiary/aromatic N) is 2. The molecule has 3 aromatic rings. The molecule has 4 heterocycles. The molecule has 3 aromatic heterocycles. The summed E-state index contributed by atoms with van der Waals surface area (Å²) in [4.78, 5) is 40.5. The Labute approximate surface area is 176 Å². The first-order valence-electron chi connectivity index (χ1n) is 9.54. The van der Waals surface area contributed by atoms with Crippen LogP contribution in [0.2, 0.25) is 5.02 Å². The van der Waals surface area contributed by atoms with Crippen molar-refractivity contribution in [1.82, 2.24) is 25.4 Å². The van der Waals surface area contributed by atoms with Crippen LogP contribution >= 0.6 is 11.6 Å². The quantitative estimate of drug-likeness (QED) is 0.574. The highest BCUT2D eigenvalue weighted by molar-refractivity contribution is 6.30. The molecule has 1 aliphatic rings. The highest BCUT2D eigenvalue weighted by Gasteiger charge is 2.26. The summed E-state index contributed by atoms with van der Waals surface area (Å²) in [5, 5.41) is 9.81. The third kappa shape index (κ3) is 4.30. The minimum atomic E-state index is -0.421. The number of pyridine rings is 1. The number of H-pyrrole nitrogens is 2. The predicted molar refractivity (Wildman–Crippen MR) is 108 cm³/mol. The molecule has 0 unspecified atom stereocenters. The average molecular weight is 430 g/mol. The Kier molecular flexibility index (Phi) is 5.71. The van der Waals surface area contributed by atoms with Crippen molar-refractivity contribution in [3.05, 3.63) is 74.8 Å². The van der Waals surface area contributed by atoms with E-state index in [4.69, 9.17) is 16.0 Å². The number of carbonyl (C=O) groups is 2. The molecule has 2 amide bonds. The monoisotopic (exact) mass is 429 g/mol. The van der Waals surface area contributed by atoms with Gasteiger partial charge in [-0.2, -0.15) is 5.10 Å². The molecule has 0 atom stereocenters. The highest BCUT2D eigenvalue weighted by Crippen LogP contribution is 2.28. The van der Waals surface area contributed by atoms with Crippen LogP contribution in [0.5, 0.6) is 0 Å². The second-order valence-electron chi connectivity index (χ2n) is 7.10. The summed E-state index contributed by atoms with van der Waals surface area (Å²) in [5.74, 6) is 0.387. The number of carbonyl (C=O) groups excluding carboxylic acids is 2. The number of furan rings is 1. The lowest BCUT2D eigenvalue weighted by atomic mass is 9.93. The van der Waals surface area contributed by atoms with Crippen LogP contribution in [-0.4, -0.2) is 45.0 Å². The number of halogens is 1. The summed E-state index contributed by atoms with van der Waals surface area (Å²) in [6.07, 6.45) is 4.40. The topological polar surface area (TPSA) is 124 Å². The Bertz CT molecular complexity index is 1100. The lowest BCUT2D eigenvalue weighted by Crippen LogP contribution is -2.38. The van der Waals surface area contributed by atoms with Crippen molar-refractivity contribution < 1.29 is 14.0 Å². The number of piperidine rings is 1. The second-order valence-corrected chi connectivity index (χ2v) is 7.51. The molecule has 0 radical (unpaired) electrons. The van der Waals surface area contributed by atoms with Crippen molar-refractivity contribution in [2.45, 2.75) is 25.3 Å². The zero-order valence-electron chi connectivity index (χ0n) is 16.0. The van der Waals surface area contributed by atoms with Gasteiger partial charge in [0, 0.05) is 30.9 Å². The number of hydrogen-bond donors (Lipinski definition) is 3. The average Bonchev–Trinajstić information content (AvgIpc) is 3.46. The first kappa shape index (κ1) is 20.0. The van der Waals surface area contributed by atoms with Crippen LogP contribution < -0.4 is 10.9 Å². The zero-order chi connectivity index (χ0) is 21.1. The molecule has 9 nitrogen and oxygen atoms in total. The molecule has 0 bridgehead atoms. The molecule has 156 valence electrons. The van der Waals surface area contributed by atoms with Gasteiger partial charge in [0.15, 0.2) is 0 Å². The first-order valence-corrected chi connectivity index (χ1v) is 9.92. The zero-order valence-corrected chi connectivity index (χ0v) is 16.7. The van der Waals surface area contributed by atoms with E-state index in [1.54, 1.807) is 29.4 Å². The molecular formula is C20H20ClN5O4. The molecule has 0 spiro atoms. The molecule has 1 fully saturated rings. The van der Waals surface area contributed by atoms with Crippen molar-refractivity contribution in [3.8, 4) is 0 Å². The summed E-state index contributed by atoms with van der Waals surface area (Å²) in [6.45, 7) is 1.40. The van der Waals surface area contributed by atoms with Crippen LogP contribution in [0.4, 0.5) is 0 Å². The minimum absolute atomic E-state index is 0.00829. The van der Waals surface area contributed by atoms with E-state index < -0.39 is 5.56 Å². The van der Waals surface area contributed by atoms with Gasteiger partial charge in [-0.1, -0.05) is 11.6 Å². The summed E-state index contributed by atoms with van der Waals surface area (Å²) >= 11 is 5.82. The second kappa shape index (κ2) is 8.58. The Hall–Kier alpha value is -3.33. The maximum atomic E-state index is 12.6. The van der Waals surface area contributed by atoms with Crippen LogP contribution in [0.3, 0.4) is 0 Å². The van der Waals surface area contributed by atoms with E-state index in [0.29, 0.717) is 36.7 Å². The third-order valence-electron chi connectivity index (χ3n) is 5.16. The molecule has 3 N–H and O–H groups in total. The standard InChI is InChI=1S/C20H20ClN5O4/c21-15-8-13(10-22-18(15)27)20(29)26-5-3-12(4-6-26)16-9-17(25-24-16)19(28)23-11-14-2-1-7-30-14/h1-2,7-10,12H,3-6,11H2,(H,22,27)(H,23,28)(H,24,25). The number of aromatic nitrogens is 3. The number of likely N-dealkylation sites (tertiary alicyclic amines) is 1. The fourth-order valence-corrected chi connectivity index (χ4v) is 3.66. The third-order valence-corrected chi connectivity index (χ3v) is 5.44. The van der Waals surface area contributed by atoms with Crippen LogP contribution in [0.15, 0.2) is 45.9 Å². The van der Waals surface area contributed by atoms with E-state index in [-0.39, 0.29) is 22.8 Å². The van der Waals surface area contributed by atoms with Gasteiger partial charge in [0.25, 0.3) is 17.4 Å². The molecule has 0 saturated carbocycles. The smallest absolute Gasteiger partial charge is 0.272 e. The molecule has 1 saturated heterocycles. The van der Waals surface area contributed by atoms with Gasteiger partial charge in [0.05, 0.1) is 18.4 Å². The fraction of sp³-hybridized carbons (Fsp3) is 0.300. The Morgan fingerprint density at radius 3 is 2.80 bits per heavy atom. The Balaban J connectivity index is 1.33. The van der Waals surface area contributed by atoms with Crippen molar-refractivity contribution in [2.24, 2.45) is 0 Å². The van der Waals surface area contributed by atoms with Crippen molar-refractivity contribution in [2.75, 3.05) is 13.1 Å². The summed E-state index contributed by atoms with van der Waals surface area (Å²) in [5.41, 5.74) is 1.13. The van der Waals surface area contributed by atoms with E-state index in [1.165, 1.54) is 12.3 Å². The van der Waals surface area contributed by atoms with Crippen LogP contribution in [0, 0.1) is 0 Å². The minimum Gasteiger partial charge on any atom is -0.467 e. The fourth-order valence-electron chi connectivity index (χ4n) is 3.49. The van der Waals surface area contributed by atoms with Crippen molar-refractivity contribution in [3.63, 3.8) is 0 Å². The summed E-state index contributed by atoms with van der Waals surface area (Å²) in [7, 11) is 0. The molecule has 30 heavy (non-hydrogen) atoms. The van der Waals surface area contributed by atoms with E-state index in [9.17, 15) is 14.4 Å². The van der Waals surface area contributed by atoms with Gasteiger partial charge in [0.1, 0.15) is 16.5 Å². The van der Waals surface area contributed by atoms with Gasteiger partial charge in [0.2, 0.25) is 0 Å². The van der Waals surface area contributed by atoms with Crippen LogP contribution in [-0.2, 0) is 6.54 Å². The number of rotatable bonds is 5. The lowest BCUT2D eigenvalue weighted by molar-refractivity contribution is 0.0711. The van der Waals surface area contributed by atoms with Gasteiger partial charge in [-0.15, -0.1) is 0 Å². The van der Waals surface area contributed by atoms with Gasteiger partial charge < -0.3 is 19.6 Å². The van der Waals surface area contributed by atoms with Gasteiger partial charge in [-0.25, -0.2) is 0 Å². The first-order chi connectivity index (χ1) is 14.5. The summed E-state index contributed by atoms with van der Waals surface area (Å²) < 4.78 is 5.19. The Morgan fingerprint density at radius 2 is 2.10 bits per heavy atom. The largest absolute Gasteiger partial charge is 0.467 e. The van der Waals surface area contributed by atoms with E-state index >= 15 is 0 Å². The predicted octanol–water partition coefficient (Wildman–Crippen LogP) is 2.29. The lowest BCUT2D eigenvalue weighted by Gasteiger charge is -2.31. The molecule has 4 rings (SSSR count). The van der Waals surface area contributed by atoms with Gasteiger partial charge >= 0.3 is 0 Å². The van der Waals surface area contributed by atoms with E-state index in [2.05, 4.69) is 20.5 Å².